The lowest BCUT2D eigenvalue weighted by Gasteiger charge is -2.30. The molecule has 5 nitrogen and oxygen atoms in total. The molecule has 0 radical (unpaired) electrons. The van der Waals surface area contributed by atoms with Gasteiger partial charge < -0.3 is 10.6 Å². The number of piperidine rings is 1. The van der Waals surface area contributed by atoms with Crippen LogP contribution in [0, 0.1) is 0 Å². The Morgan fingerprint density at radius 1 is 1.05 bits per heavy atom. The van der Waals surface area contributed by atoms with Crippen molar-refractivity contribution in [2.75, 3.05) is 18.0 Å². The number of nitrogens with two attached hydrogens (primary N) is 1. The molecular formula is C14H17N5. The van der Waals surface area contributed by atoms with E-state index >= 15 is 0 Å². The van der Waals surface area contributed by atoms with Gasteiger partial charge in [0.15, 0.2) is 0 Å². The lowest BCUT2D eigenvalue weighted by atomic mass is 10.1. The van der Waals surface area contributed by atoms with Gasteiger partial charge in [0.25, 0.3) is 0 Å². The molecule has 0 bridgehead atoms. The summed E-state index contributed by atoms with van der Waals surface area (Å²) < 4.78 is 0. The summed E-state index contributed by atoms with van der Waals surface area (Å²) in [5.74, 6) is 0.784. The van der Waals surface area contributed by atoms with E-state index in [1.165, 1.54) is 0 Å². The van der Waals surface area contributed by atoms with Gasteiger partial charge >= 0.3 is 0 Å². The number of hydrogen-bond acceptors (Lipinski definition) is 5. The van der Waals surface area contributed by atoms with Crippen LogP contribution in [0.1, 0.15) is 12.8 Å². The van der Waals surface area contributed by atoms with E-state index in [0.717, 1.165) is 43.1 Å². The molecule has 2 aromatic heterocycles. The molecule has 0 amide bonds. The zero-order chi connectivity index (χ0) is 13.1. The van der Waals surface area contributed by atoms with Crippen LogP contribution in [0.15, 0.2) is 36.8 Å². The van der Waals surface area contributed by atoms with Crippen molar-refractivity contribution in [2.45, 2.75) is 18.9 Å². The fourth-order valence-corrected chi connectivity index (χ4v) is 2.25. The van der Waals surface area contributed by atoms with E-state index in [4.69, 9.17) is 5.73 Å². The second kappa shape index (κ2) is 5.32. The Hall–Kier alpha value is -2.01. The number of nitrogens with zero attached hydrogens (tertiary/aromatic N) is 4. The summed E-state index contributed by atoms with van der Waals surface area (Å²) in [6.45, 7) is 1.87. The van der Waals surface area contributed by atoms with Gasteiger partial charge in [-0.15, -0.1) is 0 Å². The predicted octanol–water partition coefficient (Wildman–Crippen LogP) is 1.47. The van der Waals surface area contributed by atoms with Crippen LogP contribution in [0.25, 0.3) is 11.3 Å². The molecule has 0 aromatic carbocycles. The zero-order valence-corrected chi connectivity index (χ0v) is 10.7. The van der Waals surface area contributed by atoms with Crippen molar-refractivity contribution in [3.05, 3.63) is 36.8 Å². The van der Waals surface area contributed by atoms with E-state index in [1.807, 2.05) is 30.6 Å². The normalized spacial score (nSPS) is 16.6. The maximum absolute atomic E-state index is 5.90. The Labute approximate surface area is 112 Å². The summed E-state index contributed by atoms with van der Waals surface area (Å²) in [6, 6.07) is 6.14. The zero-order valence-electron chi connectivity index (χ0n) is 10.7. The van der Waals surface area contributed by atoms with E-state index in [1.54, 1.807) is 6.20 Å². The van der Waals surface area contributed by atoms with Crippen LogP contribution in [0.5, 0.6) is 0 Å². The van der Waals surface area contributed by atoms with Gasteiger partial charge in [-0.25, -0.2) is 9.97 Å². The van der Waals surface area contributed by atoms with Crippen molar-refractivity contribution < 1.29 is 0 Å². The van der Waals surface area contributed by atoms with Gasteiger partial charge in [-0.05, 0) is 25.0 Å². The van der Waals surface area contributed by atoms with Crippen molar-refractivity contribution in [3.63, 3.8) is 0 Å². The third-order valence-corrected chi connectivity index (χ3v) is 3.42. The smallest absolute Gasteiger partial charge is 0.225 e. The van der Waals surface area contributed by atoms with E-state index < -0.39 is 0 Å². The molecule has 0 unspecified atom stereocenters. The molecule has 0 aliphatic carbocycles. The van der Waals surface area contributed by atoms with Gasteiger partial charge in [0.2, 0.25) is 5.95 Å². The third-order valence-electron chi connectivity index (χ3n) is 3.42. The summed E-state index contributed by atoms with van der Waals surface area (Å²) in [5, 5.41) is 0. The predicted molar refractivity (Wildman–Crippen MR) is 74.7 cm³/mol. The molecule has 19 heavy (non-hydrogen) atoms. The first-order chi connectivity index (χ1) is 9.33. The summed E-state index contributed by atoms with van der Waals surface area (Å²) in [6.07, 6.45) is 7.45. The SMILES string of the molecule is NC1CCN(c2ncc(-c3ccccn3)cn2)CC1. The molecule has 5 heteroatoms. The van der Waals surface area contributed by atoms with Crippen LogP contribution in [-0.4, -0.2) is 34.1 Å². The fourth-order valence-electron chi connectivity index (χ4n) is 2.25. The minimum Gasteiger partial charge on any atom is -0.341 e. The topological polar surface area (TPSA) is 67.9 Å². The standard InChI is InChI=1S/C14H17N5/c15-12-4-7-19(8-5-12)14-17-9-11(10-18-14)13-3-1-2-6-16-13/h1-3,6,9-10,12H,4-5,7-8,15H2. The van der Waals surface area contributed by atoms with Crippen molar-refractivity contribution >= 4 is 5.95 Å². The molecule has 1 fully saturated rings. The van der Waals surface area contributed by atoms with Gasteiger partial charge in [-0.3, -0.25) is 4.98 Å². The van der Waals surface area contributed by atoms with E-state index in [9.17, 15) is 0 Å². The minimum absolute atomic E-state index is 0.323. The van der Waals surface area contributed by atoms with Crippen LogP contribution in [0.2, 0.25) is 0 Å². The van der Waals surface area contributed by atoms with Gasteiger partial charge in [0.1, 0.15) is 0 Å². The van der Waals surface area contributed by atoms with E-state index in [-0.39, 0.29) is 0 Å². The van der Waals surface area contributed by atoms with Gasteiger partial charge in [-0.2, -0.15) is 0 Å². The molecule has 0 saturated carbocycles. The molecule has 0 spiro atoms. The summed E-state index contributed by atoms with van der Waals surface area (Å²) in [7, 11) is 0. The van der Waals surface area contributed by atoms with Gasteiger partial charge in [-0.1, -0.05) is 6.07 Å². The second-order valence-electron chi connectivity index (χ2n) is 4.81. The summed E-state index contributed by atoms with van der Waals surface area (Å²) in [5.41, 5.74) is 7.74. The van der Waals surface area contributed by atoms with Crippen LogP contribution in [0.3, 0.4) is 0 Å². The largest absolute Gasteiger partial charge is 0.341 e. The monoisotopic (exact) mass is 255 g/mol. The van der Waals surface area contributed by atoms with Crippen LogP contribution in [0.4, 0.5) is 5.95 Å². The highest BCUT2D eigenvalue weighted by atomic mass is 15.2. The Morgan fingerprint density at radius 3 is 2.42 bits per heavy atom. The van der Waals surface area contributed by atoms with Crippen LogP contribution >= 0.6 is 0 Å². The van der Waals surface area contributed by atoms with Crippen molar-refractivity contribution in [3.8, 4) is 11.3 Å². The molecule has 1 aliphatic heterocycles. The molecule has 98 valence electrons. The first-order valence-electron chi connectivity index (χ1n) is 6.57. The third kappa shape index (κ3) is 2.71. The first-order valence-corrected chi connectivity index (χ1v) is 6.57. The number of rotatable bonds is 2. The second-order valence-corrected chi connectivity index (χ2v) is 4.81. The first kappa shape index (κ1) is 12.0. The molecule has 3 heterocycles. The van der Waals surface area contributed by atoms with Gasteiger partial charge in [0, 0.05) is 43.3 Å². The molecule has 2 N–H and O–H groups in total. The maximum atomic E-state index is 5.90. The Kier molecular flexibility index (Phi) is 3.37. The van der Waals surface area contributed by atoms with E-state index in [0.29, 0.717) is 6.04 Å². The number of hydrogen-bond donors (Lipinski definition) is 1. The molecule has 1 aliphatic rings. The highest BCUT2D eigenvalue weighted by Crippen LogP contribution is 2.18. The maximum Gasteiger partial charge on any atom is 0.225 e. The number of pyridine rings is 1. The highest BCUT2D eigenvalue weighted by molar-refractivity contribution is 5.57. The molecule has 2 aromatic rings. The molecule has 1 saturated heterocycles. The lowest BCUT2D eigenvalue weighted by Crippen LogP contribution is -2.40. The summed E-state index contributed by atoms with van der Waals surface area (Å²) >= 11 is 0. The Bertz CT molecular complexity index is 517. The molecule has 0 atom stereocenters. The Morgan fingerprint density at radius 2 is 1.79 bits per heavy atom. The lowest BCUT2D eigenvalue weighted by molar-refractivity contribution is 0.495. The van der Waals surface area contributed by atoms with Crippen molar-refractivity contribution in [1.82, 2.24) is 15.0 Å². The van der Waals surface area contributed by atoms with Crippen molar-refractivity contribution in [2.24, 2.45) is 5.73 Å². The average Bonchev–Trinajstić information content (AvgIpc) is 2.49. The van der Waals surface area contributed by atoms with Crippen LogP contribution < -0.4 is 10.6 Å². The highest BCUT2D eigenvalue weighted by Gasteiger charge is 2.18. The van der Waals surface area contributed by atoms with Crippen LogP contribution in [-0.2, 0) is 0 Å². The Balaban J connectivity index is 1.76. The van der Waals surface area contributed by atoms with E-state index in [2.05, 4.69) is 19.9 Å². The minimum atomic E-state index is 0.323. The van der Waals surface area contributed by atoms with Crippen molar-refractivity contribution in [1.29, 1.82) is 0 Å². The van der Waals surface area contributed by atoms with Gasteiger partial charge in [0.05, 0.1) is 5.69 Å². The quantitative estimate of drug-likeness (QED) is 0.880. The molecule has 3 rings (SSSR count). The number of aromatic nitrogens is 3. The average molecular weight is 255 g/mol. The number of anilines is 1. The summed E-state index contributed by atoms with van der Waals surface area (Å²) in [4.78, 5) is 15.4. The fraction of sp³-hybridized carbons (Fsp3) is 0.357. The molecular weight excluding hydrogens is 238 g/mol.